The van der Waals surface area contributed by atoms with Gasteiger partial charge in [-0.2, -0.15) is 0 Å². The largest absolute Gasteiger partial charge is 0.504 e. The topological polar surface area (TPSA) is 432 Å². The number of thioether (sulfide) groups is 2. The Morgan fingerprint density at radius 3 is 2.09 bits per heavy atom. The molecule has 2 aromatic heterocycles. The molecule has 6 heterocycles. The number of nitrogens with one attached hydrogen (secondary N) is 1. The minimum Gasteiger partial charge on any atom is -0.504 e. The molecule has 0 saturated carbocycles. The molecule has 7 rings (SSSR count). The van der Waals surface area contributed by atoms with Gasteiger partial charge < -0.3 is 66.7 Å². The molecule has 1 amide bonds. The number of nitrogens with zero attached hydrogens (tertiary/aromatic N) is 6. The second-order valence-electron chi connectivity index (χ2n) is 20.6. The van der Waals surface area contributed by atoms with E-state index in [-0.39, 0.29) is 85.1 Å². The number of amides is 1. The molecule has 2 saturated heterocycles. The van der Waals surface area contributed by atoms with Gasteiger partial charge in [0.05, 0.1) is 47.2 Å². The van der Waals surface area contributed by atoms with Crippen LogP contribution in [0.2, 0.25) is 5.02 Å². The van der Waals surface area contributed by atoms with Gasteiger partial charge in [0.15, 0.2) is 50.5 Å². The van der Waals surface area contributed by atoms with Gasteiger partial charge in [-0.3, -0.25) is 28.9 Å². The number of phenolic OH excluding ortho intramolecular Hbond substituents is 2. The third-order valence-electron chi connectivity index (χ3n) is 14.0. The zero-order chi connectivity index (χ0) is 60.3. The number of fused-ring (bicyclic) bond motifs is 1. The molecule has 27 nitrogen and oxygen atoms in total. The molecular weight excluding hydrogens is 1180 g/mol. The number of ketones is 3. The zero-order valence-corrected chi connectivity index (χ0v) is 48.2. The fraction of sp³-hybridized carbons (Fsp3) is 0.460. The molecule has 0 aliphatic carbocycles. The number of nitrogen functional groups attached to an aromatic ring is 2. The number of thiazole rings is 2. The summed E-state index contributed by atoms with van der Waals surface area (Å²) in [6, 6.07) is 2.49. The third kappa shape index (κ3) is 13.6. The zero-order valence-electron chi connectivity index (χ0n) is 44.2. The number of anilines is 2. The summed E-state index contributed by atoms with van der Waals surface area (Å²) in [5, 5.41) is 80.0. The van der Waals surface area contributed by atoms with E-state index in [1.807, 2.05) is 0 Å². The lowest BCUT2D eigenvalue weighted by atomic mass is 9.88. The molecule has 440 valence electrons. The number of nitrogens with two attached hydrogens (primary N) is 2. The van der Waals surface area contributed by atoms with Crippen molar-refractivity contribution in [2.75, 3.05) is 49.2 Å². The Morgan fingerprint density at radius 2 is 1.50 bits per heavy atom. The highest BCUT2D eigenvalue weighted by Crippen LogP contribution is 2.47. The molecule has 82 heavy (non-hydrogen) atoms. The number of carbonyl (C=O) groups is 9. The van der Waals surface area contributed by atoms with Crippen molar-refractivity contribution in [3.05, 3.63) is 66.9 Å². The van der Waals surface area contributed by atoms with E-state index >= 15 is 0 Å². The van der Waals surface area contributed by atoms with Gasteiger partial charge in [-0.1, -0.05) is 21.9 Å². The number of oxime groups is 2. The predicted octanol–water partition coefficient (Wildman–Crippen LogP) is 4.00. The molecule has 0 unspecified atom stereocenters. The first-order valence-electron chi connectivity index (χ1n) is 25.0. The Morgan fingerprint density at radius 1 is 0.866 bits per heavy atom. The van der Waals surface area contributed by atoms with Crippen LogP contribution >= 0.6 is 57.8 Å². The number of carbonyl (C=O) groups excluding carboxylic acids is 4. The number of rotatable bonds is 27. The number of likely N-dealkylation sites (tertiary alicyclic amines) is 1. The monoisotopic (exact) mass is 1230 g/mol. The fourth-order valence-corrected chi connectivity index (χ4v) is 13.8. The summed E-state index contributed by atoms with van der Waals surface area (Å²) >= 11 is 10.0. The van der Waals surface area contributed by atoms with Gasteiger partial charge in [0.1, 0.15) is 29.3 Å². The first kappa shape index (κ1) is 62.3. The Hall–Kier alpha value is -7.32. The van der Waals surface area contributed by atoms with Crippen molar-refractivity contribution in [2.24, 2.45) is 22.1 Å². The van der Waals surface area contributed by atoms with E-state index in [1.54, 1.807) is 0 Å². The standard InChI is InChI=1S/C50H56ClN9O18S4/c1-49(2,45(73)74)77-57-34(26-20-81-47(52)54-26)29(63)15-24(42(67)68)39-55-33(43(69)70)21(18-79-39)14-31-36(56-48(53)82-31)35(58-78-50(3,4)46(75)76)30(64)16-25-40(66)59-37(44(71)72)22(19-80-41(25)59)17-60(11-5-6-12-60)13-7-8-27(61)23-9-10-28(62)38(65)32(23)51/h9-10,20,24-25,39,41,55H,5-8,11-19H2,1-4H3,(H10-,52,53,54,56,57,58,61,62,63,64,65,67,68,69,70,71,72,73,74,75,76)/p+1/t24-,25+,39+,41+/m0/s1. The van der Waals surface area contributed by atoms with Gasteiger partial charge in [0.2, 0.25) is 17.1 Å². The van der Waals surface area contributed by atoms with Crippen molar-refractivity contribution >= 4 is 133 Å². The first-order valence-corrected chi connectivity index (χ1v) is 29.2. The Labute approximate surface area is 487 Å². The Bertz CT molecular complexity index is 3270. The number of hydrogen-bond donors (Lipinski definition) is 10. The molecule has 4 aliphatic heterocycles. The first-order chi connectivity index (χ1) is 38.4. The minimum absolute atomic E-state index is 0.00227. The maximum atomic E-state index is 14.6. The SMILES string of the molecule is CC(C)(O/N=C(\C(=O)C[C@H](C(=O)O)[C@@H]1NC(C(=O)O)=C(Cc2sc(N)nc2/C(=N/OC(C)(C)C(=O)O)C(=O)C[C@@H]2C(=O)N3C(C(=O)O)=C(C[N+]4(CCCC(=O)c5ccc(O)c(O)c5Cl)CCCC4)CS[C@H]23)CS1)c1csc(N)n1)C(=O)O. The second-order valence-corrected chi connectivity index (χ2v) is 25.2. The van der Waals surface area contributed by atoms with Crippen LogP contribution in [0.4, 0.5) is 10.3 Å². The highest BCUT2D eigenvalue weighted by molar-refractivity contribution is 8.00. The summed E-state index contributed by atoms with van der Waals surface area (Å²) in [5.74, 6) is -14.1. The van der Waals surface area contributed by atoms with Crippen molar-refractivity contribution < 1.29 is 93.1 Å². The molecular formula is C50H57ClN9O18S4+. The van der Waals surface area contributed by atoms with Crippen LogP contribution in [0.25, 0.3) is 0 Å². The lowest BCUT2D eigenvalue weighted by Gasteiger charge is -2.50. The molecule has 1 aromatic carbocycles. The summed E-state index contributed by atoms with van der Waals surface area (Å²) in [5.41, 5.74) is 6.42. The van der Waals surface area contributed by atoms with E-state index in [0.29, 0.717) is 36.1 Å². The maximum Gasteiger partial charge on any atom is 0.352 e. The molecule has 0 radical (unpaired) electrons. The van der Waals surface area contributed by atoms with Gasteiger partial charge >= 0.3 is 29.8 Å². The number of halogens is 1. The smallest absolute Gasteiger partial charge is 0.352 e. The minimum atomic E-state index is -2.04. The van der Waals surface area contributed by atoms with Crippen LogP contribution in [-0.2, 0) is 54.5 Å². The van der Waals surface area contributed by atoms with Crippen LogP contribution in [0.5, 0.6) is 11.5 Å². The van der Waals surface area contributed by atoms with E-state index < -0.39 is 123 Å². The highest BCUT2D eigenvalue weighted by Gasteiger charge is 2.55. The van der Waals surface area contributed by atoms with Crippen molar-refractivity contribution in [3.63, 3.8) is 0 Å². The van der Waals surface area contributed by atoms with Gasteiger partial charge in [-0.25, -0.2) is 29.1 Å². The molecule has 32 heteroatoms. The fourth-order valence-electron chi connectivity index (χ4n) is 9.45. The molecule has 3 aromatic rings. The number of phenols is 2. The van der Waals surface area contributed by atoms with Crippen molar-refractivity contribution in [1.82, 2.24) is 20.2 Å². The molecule has 0 spiro atoms. The van der Waals surface area contributed by atoms with Crippen molar-refractivity contribution in [1.29, 1.82) is 0 Å². The van der Waals surface area contributed by atoms with E-state index in [0.717, 1.165) is 79.9 Å². The van der Waals surface area contributed by atoms with E-state index in [1.165, 1.54) is 29.3 Å². The summed E-state index contributed by atoms with van der Waals surface area (Å²) in [4.78, 5) is 139. The maximum absolute atomic E-state index is 14.6. The van der Waals surface area contributed by atoms with Gasteiger partial charge in [0.25, 0.3) is 0 Å². The van der Waals surface area contributed by atoms with E-state index in [9.17, 15) is 78.9 Å². The average Bonchev–Trinajstić information content (AvgIpc) is 1.94. The van der Waals surface area contributed by atoms with Crippen molar-refractivity contribution in [3.8, 4) is 11.5 Å². The van der Waals surface area contributed by atoms with Crippen LogP contribution in [0.15, 0.2) is 50.4 Å². The van der Waals surface area contributed by atoms with Gasteiger partial charge in [0, 0.05) is 77.8 Å². The summed E-state index contributed by atoms with van der Waals surface area (Å²) in [7, 11) is 0. The molecule has 4 aliphatic rings. The highest BCUT2D eigenvalue weighted by atomic mass is 35.5. The average molecular weight is 1240 g/mol. The normalized spacial score (nSPS) is 19.6. The number of Topliss-reactive ketones (excluding diaryl/α,β-unsaturated/α-hetero) is 3. The molecule has 2 fully saturated rings. The molecule has 0 bridgehead atoms. The number of aromatic hydroxyl groups is 2. The van der Waals surface area contributed by atoms with Crippen LogP contribution in [0.1, 0.15) is 92.8 Å². The Kier molecular flexibility index (Phi) is 19.0. The van der Waals surface area contributed by atoms with Crippen LogP contribution < -0.4 is 16.8 Å². The number of carboxylic acid groups (broad SMARTS) is 5. The Balaban J connectivity index is 1.10. The molecule has 4 atom stereocenters. The lowest BCUT2D eigenvalue weighted by molar-refractivity contribution is -0.912. The number of β-lactam (4-membered cyclic amide) rings is 1. The summed E-state index contributed by atoms with van der Waals surface area (Å²) < 4.78 is 0.439. The number of aromatic nitrogens is 2. The van der Waals surface area contributed by atoms with Gasteiger partial charge in [-0.15, -0.1) is 46.2 Å². The van der Waals surface area contributed by atoms with Crippen LogP contribution in [0, 0.1) is 11.8 Å². The van der Waals surface area contributed by atoms with E-state index in [2.05, 4.69) is 25.6 Å². The van der Waals surface area contributed by atoms with Crippen LogP contribution in [0.3, 0.4) is 0 Å². The number of quaternary nitrogens is 1. The number of benzene rings is 1. The third-order valence-corrected chi connectivity index (χ3v) is 18.6. The second kappa shape index (κ2) is 25.0. The quantitative estimate of drug-likeness (QED) is 0.0129. The lowest BCUT2D eigenvalue weighted by Crippen LogP contribution is -2.62. The number of carboxylic acids is 5. The van der Waals surface area contributed by atoms with Crippen molar-refractivity contribution in [2.45, 2.75) is 94.6 Å². The number of aliphatic carboxylic acids is 5. The molecule has 12 N–H and O–H groups in total. The summed E-state index contributed by atoms with van der Waals surface area (Å²) in [6.45, 7) is 6.69. The van der Waals surface area contributed by atoms with E-state index in [4.69, 9.17) is 32.7 Å². The van der Waals surface area contributed by atoms with Crippen LogP contribution in [-0.4, -0.2) is 179 Å². The van der Waals surface area contributed by atoms with Gasteiger partial charge in [-0.05, 0) is 45.4 Å². The summed E-state index contributed by atoms with van der Waals surface area (Å²) in [6.07, 6.45) is 0.363. The number of hydrogen-bond acceptors (Lipinski definition) is 24. The predicted molar refractivity (Wildman–Crippen MR) is 298 cm³/mol.